The van der Waals surface area contributed by atoms with Crippen molar-refractivity contribution in [2.24, 2.45) is 0 Å². The Balaban J connectivity index is 1.96. The van der Waals surface area contributed by atoms with E-state index in [0.29, 0.717) is 32.2 Å². The molecule has 1 heterocycles. The molecule has 3 aromatic rings. The van der Waals surface area contributed by atoms with Gasteiger partial charge < -0.3 is 20.1 Å². The van der Waals surface area contributed by atoms with Crippen molar-refractivity contribution in [1.29, 1.82) is 0 Å². The molecule has 144 valence electrons. The van der Waals surface area contributed by atoms with Crippen molar-refractivity contribution in [3.05, 3.63) is 63.8 Å². The summed E-state index contributed by atoms with van der Waals surface area (Å²) >= 11 is 12.3. The van der Waals surface area contributed by atoms with Crippen molar-refractivity contribution in [2.45, 2.75) is 6.92 Å². The van der Waals surface area contributed by atoms with E-state index in [1.807, 2.05) is 0 Å². The Bertz CT molecular complexity index is 1070. The van der Waals surface area contributed by atoms with Gasteiger partial charge in [-0.05, 0) is 49.4 Å². The van der Waals surface area contributed by atoms with E-state index in [-0.39, 0.29) is 18.1 Å². The number of hydrogen-bond acceptors (Lipinski definition) is 4. The van der Waals surface area contributed by atoms with Gasteiger partial charge in [-0.1, -0.05) is 23.2 Å². The molecule has 0 radical (unpaired) electrons. The lowest BCUT2D eigenvalue weighted by Gasteiger charge is -2.03. The van der Waals surface area contributed by atoms with Gasteiger partial charge in [-0.25, -0.2) is 4.79 Å². The van der Waals surface area contributed by atoms with Gasteiger partial charge >= 0.3 is 5.97 Å². The van der Waals surface area contributed by atoms with Gasteiger partial charge in [0.05, 0.1) is 11.6 Å². The topological polar surface area (TPSA) is 91.4 Å². The van der Waals surface area contributed by atoms with E-state index >= 15 is 0 Å². The average Bonchev–Trinajstić information content (AvgIpc) is 3.01. The van der Waals surface area contributed by atoms with Crippen LogP contribution < -0.4 is 5.32 Å². The summed E-state index contributed by atoms with van der Waals surface area (Å²) in [6, 6.07) is 9.25. The summed E-state index contributed by atoms with van der Waals surface area (Å²) < 4.78 is 5.08. The van der Waals surface area contributed by atoms with Crippen LogP contribution in [0.3, 0.4) is 0 Å². The fourth-order valence-electron chi connectivity index (χ4n) is 2.69. The lowest BCUT2D eigenvalue weighted by atomic mass is 10.1. The molecule has 6 nitrogen and oxygen atoms in total. The number of carbonyl (C=O) groups excluding carboxylic acids is 2. The number of aromatic hydroxyl groups is 1. The largest absolute Gasteiger partial charge is 0.508 e. The molecule has 0 aliphatic carbocycles. The Kier molecular flexibility index (Phi) is 5.92. The van der Waals surface area contributed by atoms with E-state index in [1.165, 1.54) is 24.3 Å². The van der Waals surface area contributed by atoms with Crippen molar-refractivity contribution in [3.8, 4) is 5.75 Å². The van der Waals surface area contributed by atoms with E-state index in [4.69, 9.17) is 27.9 Å². The molecule has 28 heavy (non-hydrogen) atoms. The molecule has 8 heteroatoms. The number of halogens is 2. The number of esters is 1. The van der Waals surface area contributed by atoms with Gasteiger partial charge in [0.15, 0.2) is 0 Å². The highest BCUT2D eigenvalue weighted by Crippen LogP contribution is 2.33. The number of fused-ring (bicyclic) bond motifs is 1. The molecule has 0 fully saturated rings. The standard InChI is InChI=1S/C20H16Cl2N2O4/c1-2-28-20(27)19-14(18-15(22)9-11(21)10-16(18)24-19)7-8-17(26)23-12-3-5-13(25)6-4-12/h3-10,24-25H,2H2,1H3,(H,23,26)/b8-7+. The van der Waals surface area contributed by atoms with Gasteiger partial charge in [-0.3, -0.25) is 4.79 Å². The van der Waals surface area contributed by atoms with E-state index in [0.717, 1.165) is 0 Å². The number of carbonyl (C=O) groups is 2. The molecule has 0 aliphatic heterocycles. The molecule has 3 N–H and O–H groups in total. The van der Waals surface area contributed by atoms with Crippen LogP contribution in [0.25, 0.3) is 17.0 Å². The van der Waals surface area contributed by atoms with E-state index in [9.17, 15) is 14.7 Å². The summed E-state index contributed by atoms with van der Waals surface area (Å²) in [6.45, 7) is 1.90. The molecule has 0 aliphatic rings. The van der Waals surface area contributed by atoms with E-state index < -0.39 is 11.9 Å². The maximum absolute atomic E-state index is 12.3. The summed E-state index contributed by atoms with van der Waals surface area (Å²) in [5.74, 6) is -0.885. The predicted molar refractivity (Wildman–Crippen MR) is 110 cm³/mol. The number of benzene rings is 2. The van der Waals surface area contributed by atoms with Crippen molar-refractivity contribution >= 4 is 57.7 Å². The van der Waals surface area contributed by atoms with Crippen molar-refractivity contribution in [1.82, 2.24) is 4.98 Å². The predicted octanol–water partition coefficient (Wildman–Crippen LogP) is 5.01. The number of amides is 1. The zero-order valence-corrected chi connectivity index (χ0v) is 16.3. The van der Waals surface area contributed by atoms with Crippen LogP contribution in [0.1, 0.15) is 23.0 Å². The number of ether oxygens (including phenoxy) is 1. The van der Waals surface area contributed by atoms with Crippen LogP contribution in [-0.2, 0) is 9.53 Å². The monoisotopic (exact) mass is 418 g/mol. The third-order valence-electron chi connectivity index (χ3n) is 3.87. The molecule has 1 amide bonds. The number of rotatable bonds is 5. The lowest BCUT2D eigenvalue weighted by Crippen LogP contribution is -2.08. The Morgan fingerprint density at radius 2 is 1.93 bits per heavy atom. The number of H-pyrrole nitrogens is 1. The van der Waals surface area contributed by atoms with Gasteiger partial charge in [0.25, 0.3) is 0 Å². The van der Waals surface area contributed by atoms with Gasteiger partial charge in [0.2, 0.25) is 5.91 Å². The molecule has 0 saturated heterocycles. The fraction of sp³-hybridized carbons (Fsp3) is 0.100. The Morgan fingerprint density at radius 1 is 1.21 bits per heavy atom. The zero-order chi connectivity index (χ0) is 20.3. The van der Waals surface area contributed by atoms with Crippen LogP contribution in [-0.4, -0.2) is 28.6 Å². The number of nitrogens with one attached hydrogen (secondary N) is 2. The number of phenolic OH excluding ortho intramolecular Hbond substituents is 1. The summed E-state index contributed by atoms with van der Waals surface area (Å²) in [6.07, 6.45) is 2.77. The normalized spacial score (nSPS) is 11.1. The number of anilines is 1. The number of aromatic nitrogens is 1. The van der Waals surface area contributed by atoms with Crippen LogP contribution in [0.5, 0.6) is 5.75 Å². The van der Waals surface area contributed by atoms with Crippen LogP contribution >= 0.6 is 23.2 Å². The van der Waals surface area contributed by atoms with Crippen LogP contribution in [0.15, 0.2) is 42.5 Å². The molecular formula is C20H16Cl2N2O4. The SMILES string of the molecule is CCOC(=O)c1[nH]c2cc(Cl)cc(Cl)c2c1/C=C/C(=O)Nc1ccc(O)cc1. The molecule has 0 atom stereocenters. The molecule has 0 bridgehead atoms. The minimum Gasteiger partial charge on any atom is -0.508 e. The first-order valence-corrected chi connectivity index (χ1v) is 9.10. The van der Waals surface area contributed by atoms with Crippen molar-refractivity contribution in [3.63, 3.8) is 0 Å². The first kappa shape index (κ1) is 19.8. The number of hydrogen-bond donors (Lipinski definition) is 3. The second-order valence-electron chi connectivity index (χ2n) is 5.81. The maximum atomic E-state index is 12.3. The molecule has 0 unspecified atom stereocenters. The smallest absolute Gasteiger partial charge is 0.355 e. The van der Waals surface area contributed by atoms with Gasteiger partial charge in [0.1, 0.15) is 11.4 Å². The van der Waals surface area contributed by atoms with Crippen LogP contribution in [0, 0.1) is 0 Å². The Labute approximate surface area is 170 Å². The van der Waals surface area contributed by atoms with E-state index in [1.54, 1.807) is 31.2 Å². The molecule has 3 rings (SSSR count). The Morgan fingerprint density at radius 3 is 2.61 bits per heavy atom. The van der Waals surface area contributed by atoms with Crippen LogP contribution in [0.4, 0.5) is 5.69 Å². The van der Waals surface area contributed by atoms with Gasteiger partial charge in [-0.15, -0.1) is 0 Å². The summed E-state index contributed by atoms with van der Waals surface area (Å²) in [5, 5.41) is 13.3. The van der Waals surface area contributed by atoms with Gasteiger partial charge in [0, 0.05) is 33.3 Å². The van der Waals surface area contributed by atoms with Crippen molar-refractivity contribution < 1.29 is 19.4 Å². The molecule has 2 aromatic carbocycles. The lowest BCUT2D eigenvalue weighted by molar-refractivity contribution is -0.111. The first-order chi connectivity index (χ1) is 13.4. The fourth-order valence-corrected chi connectivity index (χ4v) is 3.29. The minimum absolute atomic E-state index is 0.0970. The quantitative estimate of drug-likeness (QED) is 0.308. The van der Waals surface area contributed by atoms with E-state index in [2.05, 4.69) is 10.3 Å². The highest BCUT2D eigenvalue weighted by atomic mass is 35.5. The summed E-state index contributed by atoms with van der Waals surface area (Å²) in [4.78, 5) is 27.5. The number of phenols is 1. The number of aromatic amines is 1. The summed E-state index contributed by atoms with van der Waals surface area (Å²) in [7, 11) is 0. The third kappa shape index (κ3) is 4.30. The average molecular weight is 419 g/mol. The molecule has 0 saturated carbocycles. The Hall–Kier alpha value is -2.96. The summed E-state index contributed by atoms with van der Waals surface area (Å²) in [5.41, 5.74) is 1.67. The first-order valence-electron chi connectivity index (χ1n) is 8.35. The highest BCUT2D eigenvalue weighted by molar-refractivity contribution is 6.39. The zero-order valence-electron chi connectivity index (χ0n) is 14.8. The maximum Gasteiger partial charge on any atom is 0.355 e. The van der Waals surface area contributed by atoms with Crippen LogP contribution in [0.2, 0.25) is 10.0 Å². The second kappa shape index (κ2) is 8.37. The molecule has 1 aromatic heterocycles. The highest BCUT2D eigenvalue weighted by Gasteiger charge is 2.19. The minimum atomic E-state index is -0.565. The van der Waals surface area contributed by atoms with Crippen molar-refractivity contribution in [2.75, 3.05) is 11.9 Å². The second-order valence-corrected chi connectivity index (χ2v) is 6.66. The van der Waals surface area contributed by atoms with Gasteiger partial charge in [-0.2, -0.15) is 0 Å². The molecular weight excluding hydrogens is 403 g/mol. The molecule has 0 spiro atoms. The third-order valence-corrected chi connectivity index (χ3v) is 4.39.